The highest BCUT2D eigenvalue weighted by Crippen LogP contribution is 2.19. The molecular weight excluding hydrogens is 507 g/mol. The minimum Gasteiger partial charge on any atom is -0.484 e. The second-order valence-electron chi connectivity index (χ2n) is 7.41. The van der Waals surface area contributed by atoms with Gasteiger partial charge in [0.25, 0.3) is 5.91 Å². The van der Waals surface area contributed by atoms with Crippen LogP contribution >= 0.6 is 24.0 Å². The number of aliphatic hydroxyl groups is 1. The van der Waals surface area contributed by atoms with Crippen LogP contribution < -0.4 is 15.4 Å². The molecule has 2 aromatic carbocycles. The van der Waals surface area contributed by atoms with Crippen molar-refractivity contribution in [2.24, 2.45) is 4.99 Å². The van der Waals surface area contributed by atoms with E-state index in [0.29, 0.717) is 31.3 Å². The first kappa shape index (κ1) is 26.7. The van der Waals surface area contributed by atoms with Crippen LogP contribution in [-0.4, -0.2) is 55.7 Å². The highest BCUT2D eigenvalue weighted by atomic mass is 127. The maximum absolute atomic E-state index is 11.7. The van der Waals surface area contributed by atoms with E-state index in [4.69, 9.17) is 4.74 Å². The van der Waals surface area contributed by atoms with Crippen molar-refractivity contribution in [1.82, 2.24) is 15.5 Å². The summed E-state index contributed by atoms with van der Waals surface area (Å²) >= 11 is 0. The molecule has 2 aromatic rings. The third-order valence-electron chi connectivity index (χ3n) is 4.52. The van der Waals surface area contributed by atoms with Crippen molar-refractivity contribution in [2.45, 2.75) is 26.0 Å². The number of carbonyl (C=O) groups is 1. The molecule has 8 heteroatoms. The fourth-order valence-corrected chi connectivity index (χ4v) is 2.67. The van der Waals surface area contributed by atoms with Crippen LogP contribution in [-0.2, 0) is 16.9 Å². The maximum atomic E-state index is 11.7. The van der Waals surface area contributed by atoms with Gasteiger partial charge in [-0.25, -0.2) is 4.99 Å². The van der Waals surface area contributed by atoms with Crippen LogP contribution in [0.15, 0.2) is 59.6 Å². The largest absolute Gasteiger partial charge is 0.484 e. The molecule has 31 heavy (non-hydrogen) atoms. The molecule has 0 bridgehead atoms. The van der Waals surface area contributed by atoms with E-state index in [2.05, 4.69) is 15.6 Å². The fourth-order valence-electron chi connectivity index (χ4n) is 2.67. The Morgan fingerprint density at radius 1 is 1.13 bits per heavy atom. The molecule has 0 aliphatic carbocycles. The van der Waals surface area contributed by atoms with E-state index in [9.17, 15) is 9.90 Å². The van der Waals surface area contributed by atoms with Gasteiger partial charge in [0.2, 0.25) is 0 Å². The summed E-state index contributed by atoms with van der Waals surface area (Å²) in [7, 11) is 3.39. The minimum absolute atomic E-state index is 0. The number of halogens is 1. The van der Waals surface area contributed by atoms with Crippen LogP contribution in [0.2, 0.25) is 0 Å². The summed E-state index contributed by atoms with van der Waals surface area (Å²) in [4.78, 5) is 17.8. The van der Waals surface area contributed by atoms with Gasteiger partial charge in [0, 0.05) is 20.6 Å². The lowest BCUT2D eigenvalue weighted by atomic mass is 9.96. The second-order valence-corrected chi connectivity index (χ2v) is 7.41. The number of carbonyl (C=O) groups excluding carboxylic acids is 1. The molecule has 0 aliphatic rings. The Bertz CT molecular complexity index is 842. The van der Waals surface area contributed by atoms with Gasteiger partial charge < -0.3 is 25.4 Å². The number of nitrogens with zero attached hydrogens (tertiary/aromatic N) is 2. The number of rotatable bonds is 9. The molecule has 1 unspecified atom stereocenters. The van der Waals surface area contributed by atoms with Crippen molar-refractivity contribution in [3.05, 3.63) is 65.7 Å². The molecule has 0 aliphatic heterocycles. The molecule has 0 fully saturated rings. The summed E-state index contributed by atoms with van der Waals surface area (Å²) in [6, 6.07) is 17.1. The van der Waals surface area contributed by atoms with E-state index in [-0.39, 0.29) is 36.5 Å². The Balaban J connectivity index is 0.00000480. The number of benzene rings is 2. The topological polar surface area (TPSA) is 86.2 Å². The van der Waals surface area contributed by atoms with Crippen LogP contribution in [0.5, 0.6) is 5.75 Å². The van der Waals surface area contributed by atoms with Gasteiger partial charge in [-0.2, -0.15) is 0 Å². The van der Waals surface area contributed by atoms with Gasteiger partial charge in [0.05, 0.1) is 13.1 Å². The number of likely N-dealkylation sites (N-methyl/N-ethyl adjacent to an activating group) is 1. The van der Waals surface area contributed by atoms with Gasteiger partial charge in [-0.15, -0.1) is 24.0 Å². The zero-order chi connectivity index (χ0) is 22.0. The van der Waals surface area contributed by atoms with Gasteiger partial charge in [-0.05, 0) is 37.1 Å². The average Bonchev–Trinajstić information content (AvgIpc) is 2.75. The summed E-state index contributed by atoms with van der Waals surface area (Å²) in [5.74, 6) is 1.15. The maximum Gasteiger partial charge on any atom is 0.259 e. The van der Waals surface area contributed by atoms with E-state index in [1.807, 2.05) is 61.5 Å². The number of ether oxygens (including phenoxy) is 1. The van der Waals surface area contributed by atoms with Crippen LogP contribution in [0, 0.1) is 0 Å². The highest BCUT2D eigenvalue weighted by molar-refractivity contribution is 14.0. The van der Waals surface area contributed by atoms with Crippen molar-refractivity contribution in [3.63, 3.8) is 0 Å². The van der Waals surface area contributed by atoms with Gasteiger partial charge in [-0.3, -0.25) is 4.79 Å². The number of hydrogen-bond acceptors (Lipinski definition) is 4. The Labute approximate surface area is 201 Å². The average molecular weight is 540 g/mol. The standard InChI is InChI=1S/C23H32N4O3.HI/c1-5-24-22(26-17-23(2,29)19-11-7-6-8-12-19)25-15-18-10-9-13-20(14-18)30-16-21(28)27(3)4;/h6-14,29H,5,15-17H2,1-4H3,(H2,24,25,26);1H. The molecule has 7 nitrogen and oxygen atoms in total. The Morgan fingerprint density at radius 3 is 2.48 bits per heavy atom. The van der Waals surface area contributed by atoms with Gasteiger partial charge in [0.15, 0.2) is 12.6 Å². The summed E-state index contributed by atoms with van der Waals surface area (Å²) in [6.07, 6.45) is 0. The summed E-state index contributed by atoms with van der Waals surface area (Å²) < 4.78 is 5.56. The number of hydrogen-bond donors (Lipinski definition) is 3. The molecule has 3 N–H and O–H groups in total. The first-order chi connectivity index (χ1) is 14.3. The van der Waals surface area contributed by atoms with Gasteiger partial charge >= 0.3 is 0 Å². The van der Waals surface area contributed by atoms with Crippen molar-refractivity contribution >= 4 is 35.8 Å². The van der Waals surface area contributed by atoms with Gasteiger partial charge in [0.1, 0.15) is 11.4 Å². The lowest BCUT2D eigenvalue weighted by Crippen LogP contribution is -2.44. The lowest BCUT2D eigenvalue weighted by molar-refractivity contribution is -0.130. The van der Waals surface area contributed by atoms with Crippen LogP contribution in [0.25, 0.3) is 0 Å². The second kappa shape index (κ2) is 13.2. The van der Waals surface area contributed by atoms with E-state index in [0.717, 1.165) is 11.1 Å². The molecular formula is C23H33IN4O3. The number of amides is 1. The monoisotopic (exact) mass is 540 g/mol. The Kier molecular flexibility index (Phi) is 11.3. The molecule has 1 atom stereocenters. The molecule has 2 rings (SSSR count). The molecule has 170 valence electrons. The van der Waals surface area contributed by atoms with E-state index >= 15 is 0 Å². The molecule has 1 amide bonds. The quantitative estimate of drug-likeness (QED) is 0.259. The third kappa shape index (κ3) is 9.14. The fraction of sp³-hybridized carbons (Fsp3) is 0.391. The Hall–Kier alpha value is -2.33. The predicted molar refractivity (Wildman–Crippen MR) is 135 cm³/mol. The van der Waals surface area contributed by atoms with Crippen LogP contribution in [0.1, 0.15) is 25.0 Å². The van der Waals surface area contributed by atoms with E-state index < -0.39 is 5.60 Å². The lowest BCUT2D eigenvalue weighted by Gasteiger charge is -2.25. The highest BCUT2D eigenvalue weighted by Gasteiger charge is 2.22. The molecule has 0 spiro atoms. The van der Waals surface area contributed by atoms with E-state index in [1.165, 1.54) is 4.90 Å². The number of guanidine groups is 1. The first-order valence-corrected chi connectivity index (χ1v) is 10.0. The minimum atomic E-state index is -1.02. The van der Waals surface area contributed by atoms with Crippen molar-refractivity contribution < 1.29 is 14.6 Å². The summed E-state index contributed by atoms with van der Waals surface area (Å²) in [6.45, 7) is 5.21. The smallest absolute Gasteiger partial charge is 0.259 e. The molecule has 0 radical (unpaired) electrons. The van der Waals surface area contributed by atoms with Crippen LogP contribution in [0.4, 0.5) is 0 Å². The van der Waals surface area contributed by atoms with Gasteiger partial charge in [-0.1, -0.05) is 42.5 Å². The zero-order valence-electron chi connectivity index (χ0n) is 18.6. The Morgan fingerprint density at radius 2 is 1.84 bits per heavy atom. The van der Waals surface area contributed by atoms with E-state index in [1.54, 1.807) is 21.0 Å². The molecule has 0 heterocycles. The van der Waals surface area contributed by atoms with Crippen LogP contribution in [0.3, 0.4) is 0 Å². The van der Waals surface area contributed by atoms with Crippen molar-refractivity contribution in [2.75, 3.05) is 33.8 Å². The van der Waals surface area contributed by atoms with Crippen molar-refractivity contribution in [1.29, 1.82) is 0 Å². The summed E-state index contributed by atoms with van der Waals surface area (Å²) in [5, 5.41) is 17.2. The molecule has 0 saturated heterocycles. The third-order valence-corrected chi connectivity index (χ3v) is 4.52. The summed E-state index contributed by atoms with van der Waals surface area (Å²) in [5.41, 5.74) is 0.770. The van der Waals surface area contributed by atoms with Crippen molar-refractivity contribution in [3.8, 4) is 5.75 Å². The molecule has 0 aromatic heterocycles. The molecule has 0 saturated carbocycles. The SMILES string of the molecule is CCNC(=NCc1cccc(OCC(=O)N(C)C)c1)NCC(C)(O)c1ccccc1.I. The predicted octanol–water partition coefficient (Wildman–Crippen LogP) is 2.73. The first-order valence-electron chi connectivity index (χ1n) is 10.0. The number of nitrogens with one attached hydrogen (secondary N) is 2. The normalized spacial score (nSPS) is 12.9. The number of aliphatic imine (C=N–C) groups is 1. The zero-order valence-corrected chi connectivity index (χ0v) is 20.9.